The molecule has 11 heteroatoms. The summed E-state index contributed by atoms with van der Waals surface area (Å²) in [6.45, 7) is 51.4. The lowest BCUT2D eigenvalue weighted by atomic mass is 9.97. The number of rotatable bonds is 3. The molecule has 4 aliphatic carbocycles. The van der Waals surface area contributed by atoms with Gasteiger partial charge in [0.05, 0.1) is 11.4 Å². The second-order valence-electron chi connectivity index (χ2n) is 25.4. The van der Waals surface area contributed by atoms with E-state index in [4.69, 9.17) is 21.2 Å². The largest absolute Gasteiger partial charge is 0.272 e. The zero-order chi connectivity index (χ0) is 47.3. The maximum absolute atomic E-state index is 6.59. The number of hydrogen-bond donors (Lipinski definition) is 0. The molecule has 0 N–H and O–H groups in total. The van der Waals surface area contributed by atoms with Crippen molar-refractivity contribution in [1.82, 2.24) is 17.3 Å². The van der Waals surface area contributed by atoms with Gasteiger partial charge in [-0.15, -0.1) is 0 Å². The minimum atomic E-state index is -1.65. The third-order valence-electron chi connectivity index (χ3n) is 14.5. The van der Waals surface area contributed by atoms with Crippen LogP contribution >= 0.6 is 27.0 Å². The predicted molar refractivity (Wildman–Crippen MR) is 287 cm³/mol. The van der Waals surface area contributed by atoms with Gasteiger partial charge in [-0.05, 0) is 242 Å². The number of aryl methyl sites for hydroxylation is 6. The Hall–Kier alpha value is -0.796. The Kier molecular flexibility index (Phi) is 14.7. The molecular formula is C52H89ClN6P2Si2. The van der Waals surface area contributed by atoms with Crippen LogP contribution < -0.4 is 0 Å². The first-order chi connectivity index (χ1) is 28.7. The number of halogens is 1. The Morgan fingerprint density at radius 3 is 1.30 bits per heavy atom. The van der Waals surface area contributed by atoms with E-state index in [1.807, 2.05) is 0 Å². The van der Waals surface area contributed by atoms with Crippen LogP contribution in [0, 0.1) is 65.2 Å². The Balaban J connectivity index is 0.000000174. The van der Waals surface area contributed by atoms with Gasteiger partial charge in [0.25, 0.3) is 0 Å². The molecule has 5 unspecified atom stereocenters. The van der Waals surface area contributed by atoms with Gasteiger partial charge in [-0.1, -0.05) is 46.6 Å². The molecular weight excluding hydrogens is 862 g/mol. The molecule has 2 aromatic rings. The molecule has 5 atom stereocenters. The highest BCUT2D eigenvalue weighted by Gasteiger charge is 2.67. The molecule has 63 heavy (non-hydrogen) atoms. The zero-order valence-electron chi connectivity index (χ0n) is 44.1. The van der Waals surface area contributed by atoms with Crippen LogP contribution in [0.3, 0.4) is 0 Å². The highest BCUT2D eigenvalue weighted by molar-refractivity contribution is 7.85. The van der Waals surface area contributed by atoms with Crippen molar-refractivity contribution in [3.63, 3.8) is 0 Å². The highest BCUT2D eigenvalue weighted by Crippen LogP contribution is 2.73. The molecule has 352 valence electrons. The first kappa shape index (κ1) is 51.6. The van der Waals surface area contributed by atoms with Gasteiger partial charge in [0, 0.05) is 47.5 Å². The Bertz CT molecular complexity index is 1990. The predicted octanol–water partition coefficient (Wildman–Crippen LogP) is 16.6. The van der Waals surface area contributed by atoms with E-state index in [-0.39, 0.29) is 30.4 Å². The number of nitrogens with zero attached hydrogens (tertiary/aromatic N) is 6. The van der Waals surface area contributed by atoms with E-state index in [0.717, 1.165) is 17.8 Å². The van der Waals surface area contributed by atoms with Crippen molar-refractivity contribution in [2.75, 3.05) is 0 Å². The lowest BCUT2D eigenvalue weighted by Crippen LogP contribution is -2.78. The topological polar surface area (TPSA) is 37.7 Å². The van der Waals surface area contributed by atoms with Crippen LogP contribution in [-0.4, -0.2) is 73.4 Å². The lowest BCUT2D eigenvalue weighted by Gasteiger charge is -2.72. The van der Waals surface area contributed by atoms with E-state index in [1.165, 1.54) is 95.4 Å². The van der Waals surface area contributed by atoms with Crippen LogP contribution in [0.5, 0.6) is 0 Å². The summed E-state index contributed by atoms with van der Waals surface area (Å²) in [6, 6.07) is 9.11. The second kappa shape index (κ2) is 17.9. The van der Waals surface area contributed by atoms with Gasteiger partial charge in [-0.2, -0.15) is 0 Å². The molecule has 0 spiro atoms. The average Bonchev–Trinajstić information content (AvgIpc) is 3.87. The summed E-state index contributed by atoms with van der Waals surface area (Å²) < 4.78 is 11.1. The number of aliphatic imine (C=N–C) groups is 2. The van der Waals surface area contributed by atoms with E-state index in [2.05, 4.69) is 192 Å². The normalized spacial score (nSPS) is 29.2. The molecule has 4 saturated carbocycles. The number of benzene rings is 2. The molecule has 6 nitrogen and oxygen atoms in total. The van der Waals surface area contributed by atoms with Crippen molar-refractivity contribution < 1.29 is 0 Å². The van der Waals surface area contributed by atoms with Gasteiger partial charge >= 0.3 is 0 Å². The van der Waals surface area contributed by atoms with Crippen LogP contribution in [0.2, 0.25) is 26.2 Å². The Labute approximate surface area is 396 Å². The molecule has 6 fully saturated rings. The maximum Gasteiger partial charge on any atom is 0.212 e. The van der Waals surface area contributed by atoms with E-state index >= 15 is 0 Å². The van der Waals surface area contributed by atoms with Gasteiger partial charge in [0.15, 0.2) is 0 Å². The summed E-state index contributed by atoms with van der Waals surface area (Å²) in [7, 11) is -4.10. The van der Waals surface area contributed by atoms with Crippen LogP contribution in [0.1, 0.15) is 161 Å². The molecule has 0 radical (unpaired) electrons. The molecule has 2 saturated heterocycles. The zero-order valence-corrected chi connectivity index (χ0v) is 48.6. The van der Waals surface area contributed by atoms with E-state index in [1.54, 1.807) is 5.71 Å². The van der Waals surface area contributed by atoms with Gasteiger partial charge in [-0.3, -0.25) is 27.3 Å². The van der Waals surface area contributed by atoms with Gasteiger partial charge in [-0.25, -0.2) is 0 Å². The van der Waals surface area contributed by atoms with Crippen LogP contribution in [0.25, 0.3) is 0 Å². The monoisotopic (exact) mass is 951 g/mol. The van der Waals surface area contributed by atoms with Gasteiger partial charge < -0.3 is 0 Å². The number of fused-ring (bicyclic) bond motifs is 4. The molecule has 6 aliphatic rings. The Morgan fingerprint density at radius 1 is 0.540 bits per heavy atom. The molecule has 0 aromatic heterocycles. The summed E-state index contributed by atoms with van der Waals surface area (Å²) in [6.07, 6.45) is 9.60. The van der Waals surface area contributed by atoms with Crippen molar-refractivity contribution in [2.45, 2.75) is 224 Å². The van der Waals surface area contributed by atoms with Crippen molar-refractivity contribution in [2.24, 2.45) is 33.7 Å². The standard InChI is InChI=1S/C26H44N3PSi.C16H21N.C10H24ClN2PSi/c1-17-14-18(2)22(19(3)15-17)27-23-20-12-13-21(16-20)24(23)30-28(25(4,5)6)31(10,11)29(30)26(7,8)9;1-10-6-11(2)16(12(3)7-10)17-15-9-13-4-5-14(15)8-13;1-9(2,3)12-14(11)13(10(4,5)6)15(12,7)8/h14-15,20-21,24H,12-13,16H2,1-11H3;6-7,13-14H,4-5,8-9H2,1-3H3;1-8H3. The molecule has 8 rings (SSSR count). The molecule has 0 amide bonds. The summed E-state index contributed by atoms with van der Waals surface area (Å²) in [5, 5.41) is 0. The van der Waals surface area contributed by atoms with Crippen molar-refractivity contribution in [1.29, 1.82) is 0 Å². The first-order valence-corrected chi connectivity index (χ1v) is 33.7. The smallest absolute Gasteiger partial charge is 0.212 e. The first-order valence-electron chi connectivity index (χ1n) is 24.4. The molecule has 2 heterocycles. The van der Waals surface area contributed by atoms with Crippen molar-refractivity contribution >= 4 is 66.6 Å². The van der Waals surface area contributed by atoms with Gasteiger partial charge in [0.2, 0.25) is 16.8 Å². The fraction of sp³-hybridized carbons (Fsp3) is 0.731. The van der Waals surface area contributed by atoms with Crippen molar-refractivity contribution in [3.05, 3.63) is 57.6 Å². The van der Waals surface area contributed by atoms with E-state index in [9.17, 15) is 0 Å². The molecule has 2 aliphatic heterocycles. The summed E-state index contributed by atoms with van der Waals surface area (Å²) in [4.78, 5) is 10.5. The summed E-state index contributed by atoms with van der Waals surface area (Å²) >= 11 is 6.59. The fourth-order valence-corrected chi connectivity index (χ4v) is 38.3. The third-order valence-corrected chi connectivity index (χ3v) is 36.3. The quantitative estimate of drug-likeness (QED) is 0.227. The Morgan fingerprint density at radius 2 is 0.937 bits per heavy atom. The maximum atomic E-state index is 6.59. The summed E-state index contributed by atoms with van der Waals surface area (Å²) in [5.74, 6) is 3.28. The number of hydrogen-bond acceptors (Lipinski definition) is 6. The highest BCUT2D eigenvalue weighted by atomic mass is 35.7. The second-order valence-corrected chi connectivity index (χ2v) is 38.9. The SMILES string of the molecule is CC(C)(C)N1P(Cl)N(C(C)(C)C)[Si]1(C)C.Cc1cc(C)c(N=C2C3CCC(C3)C2P2N(C(C)(C)C)[Si](C)(C)N2C(C)(C)C)c(C)c1.Cc1cc(C)c(N=C2CC3CCC2C3)c(C)c1. The fourth-order valence-electron chi connectivity index (χ4n) is 13.5. The van der Waals surface area contributed by atoms with Crippen LogP contribution in [0.4, 0.5) is 11.4 Å². The lowest BCUT2D eigenvalue weighted by molar-refractivity contribution is 0.234. The third kappa shape index (κ3) is 10.2. The minimum absolute atomic E-state index is 0.199. The van der Waals surface area contributed by atoms with Crippen LogP contribution in [-0.2, 0) is 0 Å². The van der Waals surface area contributed by atoms with Crippen LogP contribution in [0.15, 0.2) is 34.3 Å². The molecule has 2 aromatic carbocycles. The van der Waals surface area contributed by atoms with E-state index < -0.39 is 24.4 Å². The van der Waals surface area contributed by atoms with E-state index in [0.29, 0.717) is 11.6 Å². The van der Waals surface area contributed by atoms with Crippen molar-refractivity contribution in [3.8, 4) is 0 Å². The molecule has 4 bridgehead atoms. The average molecular weight is 952 g/mol. The summed E-state index contributed by atoms with van der Waals surface area (Å²) in [5.41, 5.74) is 15.0. The van der Waals surface area contributed by atoms with Gasteiger partial charge in [0.1, 0.15) is 7.58 Å². The minimum Gasteiger partial charge on any atom is -0.272 e.